The van der Waals surface area contributed by atoms with Crippen LogP contribution in [-0.4, -0.2) is 55.8 Å². The van der Waals surface area contributed by atoms with Gasteiger partial charge in [0.15, 0.2) is 0 Å². The molecule has 6 nitrogen and oxygen atoms in total. The van der Waals surface area contributed by atoms with Gasteiger partial charge < -0.3 is 5.32 Å². The van der Waals surface area contributed by atoms with E-state index in [0.717, 1.165) is 23.7 Å². The number of sulfonamides is 1. The molecule has 2 unspecified atom stereocenters. The Labute approximate surface area is 184 Å². The van der Waals surface area contributed by atoms with Gasteiger partial charge in [-0.2, -0.15) is 4.31 Å². The van der Waals surface area contributed by atoms with Gasteiger partial charge in [0.2, 0.25) is 15.9 Å². The summed E-state index contributed by atoms with van der Waals surface area (Å²) in [6.45, 7) is 7.43. The lowest BCUT2D eigenvalue weighted by atomic mass is 9.97. The molecule has 0 spiro atoms. The molecule has 31 heavy (non-hydrogen) atoms. The van der Waals surface area contributed by atoms with Crippen molar-refractivity contribution in [3.05, 3.63) is 59.9 Å². The number of rotatable bonds is 7. The van der Waals surface area contributed by atoms with Crippen molar-refractivity contribution < 1.29 is 17.6 Å². The van der Waals surface area contributed by atoms with Gasteiger partial charge in [0.1, 0.15) is 5.82 Å². The summed E-state index contributed by atoms with van der Waals surface area (Å²) in [5.74, 6) is -0.358. The van der Waals surface area contributed by atoms with E-state index in [9.17, 15) is 17.6 Å². The van der Waals surface area contributed by atoms with Crippen molar-refractivity contribution in [3.8, 4) is 0 Å². The molecule has 1 amide bonds. The van der Waals surface area contributed by atoms with Gasteiger partial charge in [-0.25, -0.2) is 12.8 Å². The number of anilines is 1. The van der Waals surface area contributed by atoms with Gasteiger partial charge in [0, 0.05) is 31.9 Å². The zero-order valence-electron chi connectivity index (χ0n) is 18.2. The van der Waals surface area contributed by atoms with E-state index in [4.69, 9.17) is 0 Å². The quantitative estimate of drug-likeness (QED) is 0.703. The standard InChI is InChI=1S/C23H30FN3O3S/c1-4-17(2)21-10-5-6-11-22(21)25-23(28)18(3)26-12-14-27(15-13-26)31(29,30)20-9-7-8-19(24)16-20/h5-11,16-18H,4,12-15H2,1-3H3,(H,25,28). The maximum Gasteiger partial charge on any atom is 0.243 e. The second-order valence-corrected chi connectivity index (χ2v) is 9.90. The number of carbonyl (C=O) groups excluding carboxylic acids is 1. The Kier molecular flexibility index (Phi) is 7.46. The molecule has 0 bridgehead atoms. The zero-order chi connectivity index (χ0) is 22.6. The summed E-state index contributed by atoms with van der Waals surface area (Å²) in [4.78, 5) is 14.8. The van der Waals surface area contributed by atoms with Gasteiger partial charge in [-0.1, -0.05) is 38.1 Å². The number of para-hydroxylation sites is 1. The Bertz CT molecular complexity index is 1020. The molecule has 0 aliphatic carbocycles. The van der Waals surface area contributed by atoms with Crippen molar-refractivity contribution in [2.24, 2.45) is 0 Å². The number of nitrogens with one attached hydrogen (secondary N) is 1. The fourth-order valence-corrected chi connectivity index (χ4v) is 5.23. The minimum atomic E-state index is -3.75. The predicted molar refractivity (Wildman–Crippen MR) is 120 cm³/mol. The maximum atomic E-state index is 13.5. The largest absolute Gasteiger partial charge is 0.324 e. The lowest BCUT2D eigenvalue weighted by molar-refractivity contribution is -0.121. The highest BCUT2D eigenvalue weighted by molar-refractivity contribution is 7.89. The molecule has 3 rings (SSSR count). The normalized spacial score (nSPS) is 17.8. The first-order valence-electron chi connectivity index (χ1n) is 10.6. The van der Waals surface area contributed by atoms with Crippen LogP contribution in [0.25, 0.3) is 0 Å². The first kappa shape index (κ1) is 23.4. The summed E-state index contributed by atoms with van der Waals surface area (Å²) in [5.41, 5.74) is 1.93. The fraction of sp³-hybridized carbons (Fsp3) is 0.435. The van der Waals surface area contributed by atoms with Gasteiger partial charge in [-0.05, 0) is 49.1 Å². The van der Waals surface area contributed by atoms with E-state index in [1.54, 1.807) is 0 Å². The molecule has 2 aromatic carbocycles. The highest BCUT2D eigenvalue weighted by Gasteiger charge is 2.32. The van der Waals surface area contributed by atoms with Crippen LogP contribution in [0, 0.1) is 5.82 Å². The lowest BCUT2D eigenvalue weighted by Crippen LogP contribution is -2.53. The molecule has 1 heterocycles. The molecule has 168 valence electrons. The van der Waals surface area contributed by atoms with Crippen LogP contribution in [0.3, 0.4) is 0 Å². The molecule has 2 aromatic rings. The number of nitrogens with zero attached hydrogens (tertiary/aromatic N) is 2. The van der Waals surface area contributed by atoms with Gasteiger partial charge in [0.25, 0.3) is 0 Å². The molecule has 1 fully saturated rings. The van der Waals surface area contributed by atoms with E-state index in [0.29, 0.717) is 19.0 Å². The Morgan fingerprint density at radius 3 is 2.39 bits per heavy atom. The number of hydrogen-bond donors (Lipinski definition) is 1. The number of halogens is 1. The van der Waals surface area contributed by atoms with Crippen LogP contribution >= 0.6 is 0 Å². The molecule has 0 radical (unpaired) electrons. The van der Waals surface area contributed by atoms with E-state index in [-0.39, 0.29) is 23.9 Å². The van der Waals surface area contributed by atoms with E-state index in [1.807, 2.05) is 36.1 Å². The third kappa shape index (κ3) is 5.31. The van der Waals surface area contributed by atoms with Crippen LogP contribution in [0.2, 0.25) is 0 Å². The third-order valence-corrected chi connectivity index (χ3v) is 7.89. The fourth-order valence-electron chi connectivity index (χ4n) is 3.77. The summed E-state index contributed by atoms with van der Waals surface area (Å²) < 4.78 is 40.4. The molecule has 1 aliphatic rings. The van der Waals surface area contributed by atoms with Gasteiger partial charge in [-0.3, -0.25) is 9.69 Å². The summed E-state index contributed by atoms with van der Waals surface area (Å²) in [6, 6.07) is 12.5. The minimum Gasteiger partial charge on any atom is -0.324 e. The first-order valence-corrected chi connectivity index (χ1v) is 12.1. The van der Waals surface area contributed by atoms with Crippen LogP contribution < -0.4 is 5.32 Å². The highest BCUT2D eigenvalue weighted by Crippen LogP contribution is 2.27. The Hall–Kier alpha value is -2.29. The van der Waals surface area contributed by atoms with Gasteiger partial charge >= 0.3 is 0 Å². The second kappa shape index (κ2) is 9.89. The van der Waals surface area contributed by atoms with Crippen LogP contribution in [-0.2, 0) is 14.8 Å². The molecule has 0 aromatic heterocycles. The van der Waals surface area contributed by atoms with E-state index < -0.39 is 21.9 Å². The Morgan fingerprint density at radius 1 is 1.06 bits per heavy atom. The summed E-state index contributed by atoms with van der Waals surface area (Å²) >= 11 is 0. The van der Waals surface area contributed by atoms with Crippen molar-refractivity contribution in [1.29, 1.82) is 0 Å². The molecule has 1 saturated heterocycles. The molecule has 1 N–H and O–H groups in total. The molecule has 1 aliphatic heterocycles. The van der Waals surface area contributed by atoms with Crippen molar-refractivity contribution >= 4 is 21.6 Å². The second-order valence-electron chi connectivity index (χ2n) is 7.96. The Morgan fingerprint density at radius 2 is 1.74 bits per heavy atom. The van der Waals surface area contributed by atoms with Crippen molar-refractivity contribution in [2.75, 3.05) is 31.5 Å². The van der Waals surface area contributed by atoms with E-state index in [2.05, 4.69) is 19.2 Å². The van der Waals surface area contributed by atoms with Crippen molar-refractivity contribution in [1.82, 2.24) is 9.21 Å². The van der Waals surface area contributed by atoms with Gasteiger partial charge in [-0.15, -0.1) is 0 Å². The summed E-state index contributed by atoms with van der Waals surface area (Å²) in [5, 5.41) is 3.04. The topological polar surface area (TPSA) is 69.7 Å². The minimum absolute atomic E-state index is 0.0478. The smallest absolute Gasteiger partial charge is 0.243 e. The molecule has 0 saturated carbocycles. The highest BCUT2D eigenvalue weighted by atomic mass is 32.2. The van der Waals surface area contributed by atoms with E-state index in [1.165, 1.54) is 22.5 Å². The summed E-state index contributed by atoms with van der Waals surface area (Å²) in [7, 11) is -3.75. The van der Waals surface area contributed by atoms with Crippen LogP contribution in [0.4, 0.5) is 10.1 Å². The number of piperazine rings is 1. The van der Waals surface area contributed by atoms with Crippen molar-refractivity contribution in [3.63, 3.8) is 0 Å². The van der Waals surface area contributed by atoms with E-state index >= 15 is 0 Å². The number of carbonyl (C=O) groups is 1. The maximum absolute atomic E-state index is 13.5. The SMILES string of the molecule is CCC(C)c1ccccc1NC(=O)C(C)N1CCN(S(=O)(=O)c2cccc(F)c2)CC1. The van der Waals surface area contributed by atoms with Crippen LogP contribution in [0.1, 0.15) is 38.7 Å². The molecular formula is C23H30FN3O3S. The zero-order valence-corrected chi connectivity index (χ0v) is 19.0. The predicted octanol–water partition coefficient (Wildman–Crippen LogP) is 3.67. The third-order valence-electron chi connectivity index (χ3n) is 6.00. The first-order chi connectivity index (χ1) is 14.7. The Balaban J connectivity index is 1.63. The van der Waals surface area contributed by atoms with Crippen LogP contribution in [0.15, 0.2) is 53.4 Å². The average Bonchev–Trinajstić information content (AvgIpc) is 2.78. The van der Waals surface area contributed by atoms with Crippen LogP contribution in [0.5, 0.6) is 0 Å². The molecule has 2 atom stereocenters. The number of benzene rings is 2. The number of amides is 1. The lowest BCUT2D eigenvalue weighted by Gasteiger charge is -2.36. The molecule has 8 heteroatoms. The van der Waals surface area contributed by atoms with Gasteiger partial charge in [0.05, 0.1) is 10.9 Å². The summed E-state index contributed by atoms with van der Waals surface area (Å²) in [6.07, 6.45) is 0.976. The molecular weight excluding hydrogens is 417 g/mol. The van der Waals surface area contributed by atoms with Crippen molar-refractivity contribution in [2.45, 2.75) is 44.0 Å². The monoisotopic (exact) mass is 447 g/mol. The average molecular weight is 448 g/mol. The number of hydrogen-bond acceptors (Lipinski definition) is 4.